The summed E-state index contributed by atoms with van der Waals surface area (Å²) in [5, 5.41) is 18.0. The summed E-state index contributed by atoms with van der Waals surface area (Å²) in [4.78, 5) is 73.5. The monoisotopic (exact) mass is 1270 g/mol. The van der Waals surface area contributed by atoms with E-state index in [1.807, 2.05) is 62.1 Å². The zero-order valence-corrected chi connectivity index (χ0v) is 56.9. The molecule has 2 aromatic heterocycles. The van der Waals surface area contributed by atoms with E-state index in [0.29, 0.717) is 77.7 Å². The largest absolute Gasteiger partial charge is 0.465 e. The van der Waals surface area contributed by atoms with Gasteiger partial charge in [0.2, 0.25) is 0 Å². The molecule has 5 heterocycles. The van der Waals surface area contributed by atoms with Crippen LogP contribution in [0.15, 0.2) is 79.1 Å². The molecule has 3 aliphatic heterocycles. The van der Waals surface area contributed by atoms with E-state index in [0.717, 1.165) is 118 Å². The van der Waals surface area contributed by atoms with E-state index in [2.05, 4.69) is 112 Å². The van der Waals surface area contributed by atoms with Crippen molar-refractivity contribution in [2.45, 2.75) is 157 Å². The molecular formula is C72H107N9O11. The number of nitrogens with zero attached hydrogens (tertiary/aromatic N) is 7. The quantitative estimate of drug-likeness (QED) is 0.0420. The second-order valence-electron chi connectivity index (χ2n) is 27.2. The standard InChI is InChI=1S/C32H48N4O5.C31H48N4O4.C9H11NO2/c1-22(2)35(31(37)24-6-9-29-23(3)19-34(30(29)16-24)12-5-13-39-4)20-25-17-33-18-26(25)21-36(27-7-8-27)32(38)41-28-10-14-40-15-11-28;1-21(2)20-39-31(37)35(27-9-10-27)19-26-16-32-15-25(26)18-34(22(3)4)30(36)24-8-11-28-23(5)17-33(29(28)14-24)12-7-13-38-6;1-10(9(11)12)7-8-5-3-2-4-6-8/h6,9,16,19,22,25-28,33H,5,7-8,10-15,17-18,20-21H2,1-4H3;8,11,14,17,21-22,25-27,32H,7,9-10,12-13,15-16,18-20H2,1-6H3;2-6H,7H2,1H3,(H,11,12)/t2*25-,26-;/m00./s1. The van der Waals surface area contributed by atoms with Crippen molar-refractivity contribution in [1.82, 2.24) is 44.3 Å². The molecule has 0 radical (unpaired) electrons. The molecule has 5 amide bonds. The maximum atomic E-state index is 14.0. The predicted octanol–water partition coefficient (Wildman–Crippen LogP) is 11.2. The molecule has 0 spiro atoms. The predicted molar refractivity (Wildman–Crippen MR) is 360 cm³/mol. The smallest absolute Gasteiger partial charge is 0.410 e. The van der Waals surface area contributed by atoms with Crippen molar-refractivity contribution in [3.05, 3.63) is 107 Å². The summed E-state index contributed by atoms with van der Waals surface area (Å²) in [6, 6.07) is 22.4. The van der Waals surface area contributed by atoms with Crippen LogP contribution in [0.5, 0.6) is 0 Å². The van der Waals surface area contributed by atoms with Gasteiger partial charge in [-0.15, -0.1) is 0 Å². The molecule has 10 rings (SSSR count). The molecular weight excluding hydrogens is 1170 g/mol. The van der Waals surface area contributed by atoms with Crippen LogP contribution in [0.3, 0.4) is 0 Å². The summed E-state index contributed by atoms with van der Waals surface area (Å²) in [6.45, 7) is 28.1. The number of carbonyl (C=O) groups is 5. The number of carbonyl (C=O) groups excluding carboxylic acids is 4. The Morgan fingerprint density at radius 3 is 1.47 bits per heavy atom. The number of aromatic nitrogens is 2. The van der Waals surface area contributed by atoms with Crippen molar-refractivity contribution in [1.29, 1.82) is 0 Å². The van der Waals surface area contributed by atoms with Gasteiger partial charge in [-0.25, -0.2) is 14.4 Å². The minimum atomic E-state index is -0.904. The first kappa shape index (κ1) is 71.1. The number of fused-ring (bicyclic) bond motifs is 2. The minimum Gasteiger partial charge on any atom is -0.465 e. The van der Waals surface area contributed by atoms with E-state index < -0.39 is 6.09 Å². The van der Waals surface area contributed by atoms with Gasteiger partial charge in [0.05, 0.1) is 19.8 Å². The van der Waals surface area contributed by atoms with Gasteiger partial charge in [-0.3, -0.25) is 9.59 Å². The molecule has 5 aromatic rings. The number of aryl methyl sites for hydroxylation is 4. The SMILES string of the molecule is CN(Cc1ccccc1)C(=O)O.COCCCn1cc(C)c2ccc(C(=O)N(C[C@@H]3CNC[C@H]3CN(C(=O)OC3CCOCC3)C3CC3)C(C)C)cc21.COCCCn1cc(C)c2ccc(C(=O)N(C[C@@H]3CNC[C@H]3CN(C(=O)OCC(C)C)C3CC3)C(C)C)cc21. The number of methoxy groups -OCH3 is 2. The first-order chi connectivity index (χ1) is 44.2. The highest BCUT2D eigenvalue weighted by Crippen LogP contribution is 2.34. The van der Waals surface area contributed by atoms with Gasteiger partial charge in [0, 0.05) is 189 Å². The zero-order chi connectivity index (χ0) is 66.0. The second-order valence-corrected chi connectivity index (χ2v) is 27.2. The lowest BCUT2D eigenvalue weighted by molar-refractivity contribution is -0.0128. The average Bonchev–Trinajstić information content (AvgIpc) is 1.72. The van der Waals surface area contributed by atoms with Gasteiger partial charge in [0.15, 0.2) is 0 Å². The van der Waals surface area contributed by atoms with E-state index in [1.165, 1.54) is 26.8 Å². The molecule has 92 heavy (non-hydrogen) atoms. The van der Waals surface area contributed by atoms with Crippen LogP contribution in [-0.4, -0.2) is 206 Å². The summed E-state index contributed by atoms with van der Waals surface area (Å²) >= 11 is 0. The van der Waals surface area contributed by atoms with Crippen molar-refractivity contribution in [3.63, 3.8) is 0 Å². The van der Waals surface area contributed by atoms with E-state index in [9.17, 15) is 24.0 Å². The van der Waals surface area contributed by atoms with Gasteiger partial charge in [-0.05, 0) is 151 Å². The highest BCUT2D eigenvalue weighted by atomic mass is 16.6. The number of amides is 5. The third-order valence-corrected chi connectivity index (χ3v) is 18.6. The maximum Gasteiger partial charge on any atom is 0.410 e. The first-order valence-corrected chi connectivity index (χ1v) is 33.9. The number of hydrogen-bond donors (Lipinski definition) is 3. The lowest BCUT2D eigenvalue weighted by Crippen LogP contribution is -2.45. The third kappa shape index (κ3) is 19.9. The van der Waals surface area contributed by atoms with E-state index in [-0.39, 0.29) is 71.9 Å². The van der Waals surface area contributed by atoms with Crippen LogP contribution in [0, 0.1) is 43.4 Å². The molecule has 3 aromatic carbocycles. The van der Waals surface area contributed by atoms with Crippen LogP contribution in [0.2, 0.25) is 0 Å². The Hall–Kier alpha value is -6.71. The molecule has 2 aliphatic carbocycles. The summed E-state index contributed by atoms with van der Waals surface area (Å²) in [5.41, 5.74) is 7.07. The topological polar surface area (TPSA) is 202 Å². The summed E-state index contributed by atoms with van der Waals surface area (Å²) in [7, 11) is 5.00. The van der Waals surface area contributed by atoms with Gasteiger partial charge < -0.3 is 73.1 Å². The highest BCUT2D eigenvalue weighted by molar-refractivity contribution is 6.00. The van der Waals surface area contributed by atoms with Crippen molar-refractivity contribution in [3.8, 4) is 0 Å². The lowest BCUT2D eigenvalue weighted by atomic mass is 9.94. The van der Waals surface area contributed by atoms with Crippen LogP contribution in [0.1, 0.15) is 130 Å². The van der Waals surface area contributed by atoms with Crippen LogP contribution in [-0.2, 0) is 43.3 Å². The Morgan fingerprint density at radius 1 is 0.609 bits per heavy atom. The van der Waals surface area contributed by atoms with Gasteiger partial charge in [0.25, 0.3) is 11.8 Å². The maximum absolute atomic E-state index is 14.0. The van der Waals surface area contributed by atoms with Crippen molar-refractivity contribution in [2.75, 3.05) is 107 Å². The molecule has 5 aliphatic rings. The molecule has 0 unspecified atom stereocenters. The number of rotatable bonds is 27. The van der Waals surface area contributed by atoms with E-state index in [1.54, 1.807) is 21.3 Å². The molecule has 3 N–H and O–H groups in total. The van der Waals surface area contributed by atoms with Gasteiger partial charge >= 0.3 is 18.3 Å². The van der Waals surface area contributed by atoms with Gasteiger partial charge in [-0.1, -0.05) is 56.3 Å². The summed E-state index contributed by atoms with van der Waals surface area (Å²) in [5.74, 6) is 1.55. The Kier molecular flexibility index (Phi) is 26.6. The fourth-order valence-electron chi connectivity index (χ4n) is 12.9. The molecule has 2 saturated carbocycles. The van der Waals surface area contributed by atoms with Crippen LogP contribution in [0.25, 0.3) is 21.8 Å². The normalized spacial score (nSPS) is 19.0. The Morgan fingerprint density at radius 2 is 1.05 bits per heavy atom. The Labute approximate surface area is 546 Å². The number of carboxylic acid groups (broad SMARTS) is 1. The molecule has 20 nitrogen and oxygen atoms in total. The molecule has 4 atom stereocenters. The summed E-state index contributed by atoms with van der Waals surface area (Å²) in [6.07, 6.45) is 10.6. The lowest BCUT2D eigenvalue weighted by Gasteiger charge is -2.34. The van der Waals surface area contributed by atoms with Gasteiger partial charge in [-0.2, -0.15) is 0 Å². The van der Waals surface area contributed by atoms with E-state index in [4.69, 9.17) is 28.8 Å². The fraction of sp³-hybridized carbons (Fsp3) is 0.625. The van der Waals surface area contributed by atoms with Crippen LogP contribution in [0.4, 0.5) is 14.4 Å². The van der Waals surface area contributed by atoms with Crippen molar-refractivity contribution < 1.29 is 52.8 Å². The highest BCUT2D eigenvalue weighted by Gasteiger charge is 2.42. The molecule has 3 saturated heterocycles. The number of benzene rings is 3. The van der Waals surface area contributed by atoms with Crippen molar-refractivity contribution >= 4 is 51.9 Å². The zero-order valence-electron chi connectivity index (χ0n) is 56.9. The summed E-state index contributed by atoms with van der Waals surface area (Å²) < 4.78 is 31.9. The van der Waals surface area contributed by atoms with Gasteiger partial charge in [0.1, 0.15) is 6.10 Å². The van der Waals surface area contributed by atoms with Crippen LogP contribution >= 0.6 is 0 Å². The Balaban J connectivity index is 0.000000201. The average molecular weight is 1270 g/mol. The number of ether oxygens (including phenoxy) is 5. The number of nitrogens with one attached hydrogen (secondary N) is 2. The molecule has 0 bridgehead atoms. The second kappa shape index (κ2) is 34.4. The first-order valence-electron chi connectivity index (χ1n) is 33.9. The fourth-order valence-corrected chi connectivity index (χ4v) is 12.9. The van der Waals surface area contributed by atoms with Crippen molar-refractivity contribution in [2.24, 2.45) is 29.6 Å². The van der Waals surface area contributed by atoms with Crippen LogP contribution < -0.4 is 10.6 Å². The molecule has 20 heteroatoms. The Bertz CT molecular complexity index is 3170. The minimum absolute atomic E-state index is 0.0498. The third-order valence-electron chi connectivity index (χ3n) is 18.6. The van der Waals surface area contributed by atoms with E-state index >= 15 is 0 Å². The molecule has 5 fully saturated rings. The number of hydrogen-bond acceptors (Lipinski definition) is 12. The molecule has 506 valence electrons.